The van der Waals surface area contributed by atoms with Crippen molar-refractivity contribution < 1.29 is 19.1 Å². The molecule has 0 aliphatic carbocycles. The van der Waals surface area contributed by atoms with Crippen LogP contribution in [-0.2, 0) is 14.3 Å². The van der Waals surface area contributed by atoms with Gasteiger partial charge in [-0.05, 0) is 73.3 Å². The highest BCUT2D eigenvalue weighted by atomic mass is 16.6. The number of likely N-dealkylation sites (N-methyl/N-ethyl adjacent to an activating group) is 1. The molecule has 0 saturated heterocycles. The molecule has 1 aromatic rings. The molecule has 0 aromatic heterocycles. The number of hydrogen-bond donors (Lipinski definition) is 2. The lowest BCUT2D eigenvalue weighted by atomic mass is 9.97. The Morgan fingerprint density at radius 2 is 1.52 bits per heavy atom. The van der Waals surface area contributed by atoms with E-state index in [4.69, 9.17) is 4.74 Å². The highest BCUT2D eigenvalue weighted by Crippen LogP contribution is 2.26. The van der Waals surface area contributed by atoms with E-state index in [-0.39, 0.29) is 23.8 Å². The minimum Gasteiger partial charge on any atom is -0.444 e. The first-order valence-corrected chi connectivity index (χ1v) is 11.8. The molecule has 1 rings (SSSR count). The largest absolute Gasteiger partial charge is 0.444 e. The summed E-state index contributed by atoms with van der Waals surface area (Å²) in [6.45, 7) is 19.2. The van der Waals surface area contributed by atoms with Crippen molar-refractivity contribution in [2.24, 2.45) is 5.92 Å². The third kappa shape index (κ3) is 9.44. The van der Waals surface area contributed by atoms with E-state index in [1.165, 1.54) is 0 Å². The molecule has 0 aliphatic heterocycles. The Bertz CT molecular complexity index is 807. The van der Waals surface area contributed by atoms with Gasteiger partial charge in [-0.2, -0.15) is 0 Å². The lowest BCUT2D eigenvalue weighted by molar-refractivity contribution is -0.142. The van der Waals surface area contributed by atoms with Crippen LogP contribution >= 0.6 is 0 Å². The molecule has 0 radical (unpaired) electrons. The zero-order valence-electron chi connectivity index (χ0n) is 22.0. The summed E-state index contributed by atoms with van der Waals surface area (Å²) in [7, 11) is 0. The molecule has 186 valence electrons. The van der Waals surface area contributed by atoms with Crippen LogP contribution in [0, 0.1) is 19.8 Å². The van der Waals surface area contributed by atoms with Crippen molar-refractivity contribution in [2.75, 3.05) is 6.54 Å². The van der Waals surface area contributed by atoms with Gasteiger partial charge in [-0.1, -0.05) is 43.2 Å². The Morgan fingerprint density at radius 3 is 1.94 bits per heavy atom. The van der Waals surface area contributed by atoms with E-state index in [0.717, 1.165) is 16.7 Å². The van der Waals surface area contributed by atoms with E-state index in [0.29, 0.717) is 13.0 Å². The molecule has 0 spiro atoms. The fraction of sp³-hybridized carbons (Fsp3) is 0.654. The lowest BCUT2D eigenvalue weighted by Crippen LogP contribution is -2.53. The molecular weight excluding hydrogens is 418 g/mol. The quantitative estimate of drug-likeness (QED) is 0.560. The van der Waals surface area contributed by atoms with Gasteiger partial charge in [0.15, 0.2) is 0 Å². The van der Waals surface area contributed by atoms with Gasteiger partial charge >= 0.3 is 6.09 Å². The van der Waals surface area contributed by atoms with Crippen molar-refractivity contribution in [1.82, 2.24) is 15.5 Å². The summed E-state index contributed by atoms with van der Waals surface area (Å²) in [6.07, 6.45) is -0.216. The van der Waals surface area contributed by atoms with Crippen molar-refractivity contribution in [3.63, 3.8) is 0 Å². The Hall–Kier alpha value is -2.57. The number of ether oxygens (including phenoxy) is 1. The second-order valence-corrected chi connectivity index (χ2v) is 10.4. The highest BCUT2D eigenvalue weighted by Gasteiger charge is 2.36. The molecule has 0 heterocycles. The third-order valence-electron chi connectivity index (χ3n) is 4.87. The fourth-order valence-electron chi connectivity index (χ4n) is 3.81. The van der Waals surface area contributed by atoms with Crippen LogP contribution in [0.5, 0.6) is 0 Å². The maximum Gasteiger partial charge on any atom is 0.408 e. The number of rotatable bonds is 9. The first-order chi connectivity index (χ1) is 15.1. The van der Waals surface area contributed by atoms with Gasteiger partial charge in [-0.25, -0.2) is 4.79 Å². The predicted molar refractivity (Wildman–Crippen MR) is 132 cm³/mol. The highest BCUT2D eigenvalue weighted by molar-refractivity contribution is 5.92. The second-order valence-electron chi connectivity index (χ2n) is 10.4. The molecule has 2 unspecified atom stereocenters. The SMILES string of the molecule is CCN(C(=O)C(CC(C)C)NC(=O)OC(C)(C)C)C(C(=O)NC(C)C)c1cc(C)cc(C)c1. The first-order valence-electron chi connectivity index (χ1n) is 11.8. The molecule has 7 heteroatoms. The summed E-state index contributed by atoms with van der Waals surface area (Å²) in [4.78, 5) is 41.1. The molecule has 0 saturated carbocycles. The van der Waals surface area contributed by atoms with Crippen molar-refractivity contribution >= 4 is 17.9 Å². The van der Waals surface area contributed by atoms with Crippen LogP contribution in [0.1, 0.15) is 84.5 Å². The van der Waals surface area contributed by atoms with E-state index < -0.39 is 23.8 Å². The van der Waals surface area contributed by atoms with Gasteiger partial charge in [0.2, 0.25) is 11.8 Å². The standard InChI is InChI=1S/C26H43N3O4/c1-11-29(24(31)21(12-16(2)3)28-25(32)33-26(8,9)10)22(23(30)27-17(4)5)20-14-18(6)13-19(7)15-20/h13-17,21-22H,11-12H2,1-10H3,(H,27,30)(H,28,32). The minimum absolute atomic E-state index is 0.0777. The summed E-state index contributed by atoms with van der Waals surface area (Å²) in [5.41, 5.74) is 2.10. The van der Waals surface area contributed by atoms with Gasteiger partial charge in [0.05, 0.1) is 0 Å². The van der Waals surface area contributed by atoms with Gasteiger partial charge in [0.25, 0.3) is 0 Å². The van der Waals surface area contributed by atoms with Gasteiger partial charge in [0, 0.05) is 12.6 Å². The van der Waals surface area contributed by atoms with Crippen LogP contribution in [0.3, 0.4) is 0 Å². The smallest absolute Gasteiger partial charge is 0.408 e. The monoisotopic (exact) mass is 461 g/mol. The summed E-state index contributed by atoms with van der Waals surface area (Å²) in [5.74, 6) is -0.400. The zero-order chi connectivity index (χ0) is 25.5. The molecule has 33 heavy (non-hydrogen) atoms. The van der Waals surface area contributed by atoms with Crippen LogP contribution in [0.4, 0.5) is 4.79 Å². The van der Waals surface area contributed by atoms with Crippen molar-refractivity contribution in [3.8, 4) is 0 Å². The summed E-state index contributed by atoms with van der Waals surface area (Å²) in [6, 6.07) is 4.22. The molecule has 2 atom stereocenters. The number of aryl methyl sites for hydroxylation is 2. The Kier molecular flexibility index (Phi) is 10.4. The fourth-order valence-corrected chi connectivity index (χ4v) is 3.81. The summed E-state index contributed by atoms with van der Waals surface area (Å²) < 4.78 is 5.39. The van der Waals surface area contributed by atoms with E-state index in [1.807, 2.05) is 66.7 Å². The Balaban J connectivity index is 3.40. The number of carbonyl (C=O) groups excluding carboxylic acids is 3. The van der Waals surface area contributed by atoms with E-state index in [2.05, 4.69) is 10.6 Å². The average molecular weight is 462 g/mol. The molecule has 2 N–H and O–H groups in total. The van der Waals surface area contributed by atoms with Gasteiger partial charge < -0.3 is 20.3 Å². The molecule has 0 bridgehead atoms. The van der Waals surface area contributed by atoms with Crippen molar-refractivity contribution in [2.45, 2.75) is 99.4 Å². The van der Waals surface area contributed by atoms with Crippen molar-refractivity contribution in [1.29, 1.82) is 0 Å². The van der Waals surface area contributed by atoms with Crippen LogP contribution in [-0.4, -0.2) is 47.0 Å². The maximum absolute atomic E-state index is 13.8. The number of alkyl carbamates (subject to hydrolysis) is 1. The van der Waals surface area contributed by atoms with Crippen LogP contribution in [0.2, 0.25) is 0 Å². The summed E-state index contributed by atoms with van der Waals surface area (Å²) in [5, 5.41) is 5.70. The molecular formula is C26H43N3O4. The number of nitrogens with zero attached hydrogens (tertiary/aromatic N) is 1. The second kappa shape index (κ2) is 12.1. The van der Waals surface area contributed by atoms with E-state index in [9.17, 15) is 14.4 Å². The number of nitrogens with one attached hydrogen (secondary N) is 2. The Labute approximate surface area is 199 Å². The topological polar surface area (TPSA) is 87.7 Å². The van der Waals surface area contributed by atoms with Gasteiger partial charge in [0.1, 0.15) is 17.7 Å². The molecule has 7 nitrogen and oxygen atoms in total. The number of amides is 3. The van der Waals surface area contributed by atoms with Crippen molar-refractivity contribution in [3.05, 3.63) is 34.9 Å². The molecule has 0 aliphatic rings. The number of carbonyl (C=O) groups is 3. The molecule has 3 amide bonds. The maximum atomic E-state index is 13.8. The first kappa shape index (κ1) is 28.5. The molecule has 1 aromatic carbocycles. The van der Waals surface area contributed by atoms with Crippen LogP contribution in [0.25, 0.3) is 0 Å². The lowest BCUT2D eigenvalue weighted by Gasteiger charge is -2.34. The number of benzene rings is 1. The minimum atomic E-state index is -0.807. The van der Waals surface area contributed by atoms with Gasteiger partial charge in [-0.15, -0.1) is 0 Å². The summed E-state index contributed by atoms with van der Waals surface area (Å²) >= 11 is 0. The third-order valence-corrected chi connectivity index (χ3v) is 4.87. The molecule has 0 fully saturated rings. The van der Waals surface area contributed by atoms with Crippen LogP contribution in [0.15, 0.2) is 18.2 Å². The van der Waals surface area contributed by atoms with Gasteiger partial charge in [-0.3, -0.25) is 9.59 Å². The normalized spacial score (nSPS) is 13.5. The van der Waals surface area contributed by atoms with Crippen LogP contribution < -0.4 is 10.6 Å². The zero-order valence-corrected chi connectivity index (χ0v) is 22.0. The predicted octanol–water partition coefficient (Wildman–Crippen LogP) is 4.66. The Morgan fingerprint density at radius 1 is 0.970 bits per heavy atom. The average Bonchev–Trinajstić information content (AvgIpc) is 2.61. The van der Waals surface area contributed by atoms with E-state index in [1.54, 1.807) is 25.7 Å². The number of hydrogen-bond acceptors (Lipinski definition) is 4. The van der Waals surface area contributed by atoms with E-state index >= 15 is 0 Å².